The van der Waals surface area contributed by atoms with Gasteiger partial charge in [-0.15, -0.1) is 0 Å². The van der Waals surface area contributed by atoms with Gasteiger partial charge in [0.25, 0.3) is 0 Å². The van der Waals surface area contributed by atoms with E-state index in [9.17, 15) is 14.7 Å². The summed E-state index contributed by atoms with van der Waals surface area (Å²) in [6.07, 6.45) is 0.292. The summed E-state index contributed by atoms with van der Waals surface area (Å²) in [5.74, 6) is -1.80. The Morgan fingerprint density at radius 1 is 1.29 bits per heavy atom. The van der Waals surface area contributed by atoms with E-state index in [1.54, 1.807) is 4.90 Å². The van der Waals surface area contributed by atoms with Crippen LogP contribution < -0.4 is 9.64 Å². The second-order valence-electron chi connectivity index (χ2n) is 11.2. The van der Waals surface area contributed by atoms with Crippen LogP contribution in [0.1, 0.15) is 63.5 Å². The molecule has 2 fully saturated rings. The minimum atomic E-state index is -1.29. The number of hydrogen-bond acceptors (Lipinski definition) is 8. The minimum absolute atomic E-state index is 0.0102. The fourth-order valence-electron chi connectivity index (χ4n) is 6.21. The zero-order chi connectivity index (χ0) is 27.7. The van der Waals surface area contributed by atoms with Crippen molar-refractivity contribution in [2.75, 3.05) is 24.7 Å². The van der Waals surface area contributed by atoms with Crippen LogP contribution in [0.5, 0.6) is 5.88 Å². The largest absolute Gasteiger partial charge is 0.477 e. The van der Waals surface area contributed by atoms with E-state index in [2.05, 4.69) is 9.97 Å². The standard InChI is InChI=1S/C26H32ClFN4O6/c1-7-36-11-26-9-8-14(32(26)24(35)38-25(4,5)6)19-13(3)37-22-16-15(17(28)20(27)30-22)12(2)18(23(33)34)29-21(16)31(19)10-26/h13-14,19H,7-11H2,1-6H3,(H,33,34)/t13-,14-,19+,26+/m0/s1. The Bertz CT molecular complexity index is 1330. The first kappa shape index (κ1) is 26.7. The number of ether oxygens (including phenoxy) is 3. The summed E-state index contributed by atoms with van der Waals surface area (Å²) >= 11 is 6.14. The molecular weight excluding hydrogens is 519 g/mol. The molecule has 1 amide bonds. The number of rotatable bonds is 4. The highest BCUT2D eigenvalue weighted by atomic mass is 35.5. The van der Waals surface area contributed by atoms with Crippen molar-refractivity contribution in [1.29, 1.82) is 0 Å². The molecule has 0 saturated carbocycles. The molecule has 4 atom stereocenters. The predicted molar refractivity (Wildman–Crippen MR) is 138 cm³/mol. The number of carbonyl (C=O) groups excluding carboxylic acids is 1. The van der Waals surface area contributed by atoms with Crippen LogP contribution in [-0.4, -0.2) is 81.1 Å². The van der Waals surface area contributed by atoms with Gasteiger partial charge in [0, 0.05) is 18.5 Å². The molecule has 0 aromatic carbocycles. The fraction of sp³-hybridized carbons (Fsp3) is 0.615. The minimum Gasteiger partial charge on any atom is -0.477 e. The van der Waals surface area contributed by atoms with Crippen molar-refractivity contribution in [3.63, 3.8) is 0 Å². The Balaban J connectivity index is 1.74. The first-order valence-corrected chi connectivity index (χ1v) is 13.1. The Hall–Kier alpha value is -2.92. The average Bonchev–Trinajstić information content (AvgIpc) is 3.02. The molecule has 10 nitrogen and oxygen atoms in total. The highest BCUT2D eigenvalue weighted by molar-refractivity contribution is 6.30. The normalized spacial score (nSPS) is 26.2. The number of carboxylic acid groups (broad SMARTS) is 1. The number of amides is 1. The van der Waals surface area contributed by atoms with Crippen LogP contribution in [-0.2, 0) is 9.47 Å². The van der Waals surface area contributed by atoms with E-state index in [0.29, 0.717) is 19.4 Å². The van der Waals surface area contributed by atoms with Gasteiger partial charge >= 0.3 is 12.1 Å². The van der Waals surface area contributed by atoms with Crippen LogP contribution in [0.15, 0.2) is 0 Å². The third-order valence-electron chi connectivity index (χ3n) is 7.62. The maximum atomic E-state index is 15.4. The SMILES string of the molecule is CCOC[C@@]12CC[C@@H]([C@H]3[C@H](C)Oc4nc(Cl)c(F)c5c(C)c(C(=O)O)nc(c45)N3C1)N2C(=O)OC(C)(C)C. The van der Waals surface area contributed by atoms with Crippen molar-refractivity contribution in [2.24, 2.45) is 0 Å². The summed E-state index contributed by atoms with van der Waals surface area (Å²) < 4.78 is 33.4. The Morgan fingerprint density at radius 3 is 2.63 bits per heavy atom. The lowest BCUT2D eigenvalue weighted by Crippen LogP contribution is -2.71. The van der Waals surface area contributed by atoms with E-state index in [1.165, 1.54) is 6.92 Å². The van der Waals surface area contributed by atoms with Gasteiger partial charge in [0.1, 0.15) is 17.5 Å². The highest BCUT2D eigenvalue weighted by Crippen LogP contribution is 2.50. The lowest BCUT2D eigenvalue weighted by atomic mass is 9.92. The summed E-state index contributed by atoms with van der Waals surface area (Å²) in [7, 11) is 0. The topological polar surface area (TPSA) is 114 Å². The third-order valence-corrected chi connectivity index (χ3v) is 7.87. The van der Waals surface area contributed by atoms with Crippen LogP contribution >= 0.6 is 11.6 Å². The van der Waals surface area contributed by atoms with E-state index in [0.717, 1.165) is 0 Å². The average molecular weight is 551 g/mol. The maximum Gasteiger partial charge on any atom is 0.411 e. The summed E-state index contributed by atoms with van der Waals surface area (Å²) in [5.41, 5.74) is -1.63. The van der Waals surface area contributed by atoms with Crippen LogP contribution in [0.2, 0.25) is 5.15 Å². The number of aromatic nitrogens is 2. The number of piperazine rings is 1. The van der Waals surface area contributed by atoms with Gasteiger partial charge in [-0.2, -0.15) is 4.98 Å². The zero-order valence-electron chi connectivity index (χ0n) is 22.3. The van der Waals surface area contributed by atoms with Gasteiger partial charge < -0.3 is 24.2 Å². The van der Waals surface area contributed by atoms with E-state index >= 15 is 4.39 Å². The molecular formula is C26H32ClFN4O6. The summed E-state index contributed by atoms with van der Waals surface area (Å²) in [6.45, 7) is 11.6. The molecule has 0 spiro atoms. The van der Waals surface area contributed by atoms with Crippen molar-refractivity contribution in [1.82, 2.24) is 14.9 Å². The molecule has 3 aliphatic heterocycles. The molecule has 5 heterocycles. The van der Waals surface area contributed by atoms with E-state index in [1.807, 2.05) is 39.5 Å². The molecule has 38 heavy (non-hydrogen) atoms. The van der Waals surface area contributed by atoms with Gasteiger partial charge in [0.2, 0.25) is 5.88 Å². The lowest BCUT2D eigenvalue weighted by Gasteiger charge is -2.53. The van der Waals surface area contributed by atoms with Crippen LogP contribution in [0, 0.1) is 12.7 Å². The van der Waals surface area contributed by atoms with Crippen molar-refractivity contribution in [3.8, 4) is 5.88 Å². The van der Waals surface area contributed by atoms with E-state index in [-0.39, 0.29) is 52.9 Å². The lowest BCUT2D eigenvalue weighted by molar-refractivity contribution is -0.0452. The first-order chi connectivity index (χ1) is 17.8. The van der Waals surface area contributed by atoms with Crippen molar-refractivity contribution in [3.05, 3.63) is 22.2 Å². The molecule has 2 aromatic rings. The monoisotopic (exact) mass is 550 g/mol. The van der Waals surface area contributed by atoms with Gasteiger partial charge in [-0.05, 0) is 59.9 Å². The molecule has 5 rings (SSSR count). The molecule has 0 unspecified atom stereocenters. The maximum absolute atomic E-state index is 15.4. The highest BCUT2D eigenvalue weighted by Gasteiger charge is 2.61. The second-order valence-corrected chi connectivity index (χ2v) is 11.6. The molecule has 0 aliphatic carbocycles. The number of pyridine rings is 2. The van der Waals surface area contributed by atoms with Gasteiger partial charge in [-0.3, -0.25) is 4.90 Å². The van der Waals surface area contributed by atoms with Gasteiger partial charge in [-0.1, -0.05) is 11.6 Å². The fourth-order valence-corrected chi connectivity index (χ4v) is 6.38. The Labute approximate surface area is 225 Å². The number of fused-ring (bicyclic) bond motifs is 5. The quantitative estimate of drug-likeness (QED) is 0.546. The third kappa shape index (κ3) is 4.02. The smallest absolute Gasteiger partial charge is 0.411 e. The van der Waals surface area contributed by atoms with Gasteiger partial charge in [0.15, 0.2) is 16.7 Å². The van der Waals surface area contributed by atoms with Gasteiger partial charge in [-0.25, -0.2) is 19.0 Å². The van der Waals surface area contributed by atoms with Crippen molar-refractivity contribution < 1.29 is 33.3 Å². The van der Waals surface area contributed by atoms with Gasteiger partial charge in [0.05, 0.1) is 29.6 Å². The summed E-state index contributed by atoms with van der Waals surface area (Å²) in [4.78, 5) is 38.2. The molecule has 2 bridgehead atoms. The van der Waals surface area contributed by atoms with Crippen LogP contribution in [0.25, 0.3) is 10.8 Å². The predicted octanol–water partition coefficient (Wildman–Crippen LogP) is 4.57. The number of aromatic carboxylic acids is 1. The molecule has 206 valence electrons. The Kier molecular flexibility index (Phi) is 6.38. The molecule has 12 heteroatoms. The molecule has 0 radical (unpaired) electrons. The number of anilines is 1. The first-order valence-electron chi connectivity index (χ1n) is 12.8. The summed E-state index contributed by atoms with van der Waals surface area (Å²) in [6, 6.07) is -0.814. The number of carbonyl (C=O) groups is 2. The van der Waals surface area contributed by atoms with Crippen molar-refractivity contribution in [2.45, 2.75) is 83.7 Å². The number of aryl methyl sites for hydroxylation is 1. The van der Waals surface area contributed by atoms with E-state index in [4.69, 9.17) is 25.8 Å². The number of hydrogen-bond donors (Lipinski definition) is 1. The number of carboxylic acids is 1. The molecule has 1 N–H and O–H groups in total. The van der Waals surface area contributed by atoms with Crippen LogP contribution in [0.4, 0.5) is 15.0 Å². The second kappa shape index (κ2) is 9.08. The van der Waals surface area contributed by atoms with Crippen LogP contribution in [0.3, 0.4) is 0 Å². The number of nitrogens with zero attached hydrogens (tertiary/aromatic N) is 4. The zero-order valence-corrected chi connectivity index (χ0v) is 23.1. The van der Waals surface area contributed by atoms with E-state index < -0.39 is 46.3 Å². The number of halogens is 2. The molecule has 3 aliphatic rings. The van der Waals surface area contributed by atoms with Crippen molar-refractivity contribution >= 4 is 40.3 Å². The summed E-state index contributed by atoms with van der Waals surface area (Å²) in [5, 5.41) is 9.80. The Morgan fingerprint density at radius 2 is 2.00 bits per heavy atom. The molecule has 2 aromatic heterocycles. The molecule has 2 saturated heterocycles.